The van der Waals surface area contributed by atoms with Crippen LogP contribution in [0.15, 0.2) is 42.8 Å². The van der Waals surface area contributed by atoms with Gasteiger partial charge in [0.05, 0.1) is 37.3 Å². The highest BCUT2D eigenvalue weighted by atomic mass is 19.4. The summed E-state index contributed by atoms with van der Waals surface area (Å²) in [6.45, 7) is 8.75. The van der Waals surface area contributed by atoms with E-state index in [0.29, 0.717) is 54.9 Å². The Morgan fingerprint density at radius 2 is 2.05 bits per heavy atom. The number of rotatable bonds is 8. The molecule has 1 aliphatic heterocycles. The minimum Gasteiger partial charge on any atom is -0.492 e. The van der Waals surface area contributed by atoms with Crippen LogP contribution in [0.2, 0.25) is 0 Å². The predicted molar refractivity (Wildman–Crippen MR) is 134 cm³/mol. The zero-order valence-electron chi connectivity index (χ0n) is 21.6. The maximum Gasteiger partial charge on any atom is 0.433 e. The van der Waals surface area contributed by atoms with Crippen LogP contribution in [0.5, 0.6) is 5.75 Å². The largest absolute Gasteiger partial charge is 0.492 e. The fourth-order valence-electron chi connectivity index (χ4n) is 4.62. The third kappa shape index (κ3) is 6.56. The van der Waals surface area contributed by atoms with Crippen molar-refractivity contribution in [3.05, 3.63) is 71.1 Å². The zero-order valence-corrected chi connectivity index (χ0v) is 21.6. The van der Waals surface area contributed by atoms with Crippen LogP contribution >= 0.6 is 0 Å². The van der Waals surface area contributed by atoms with Crippen molar-refractivity contribution in [2.24, 2.45) is 0 Å². The molecule has 2 aromatic rings. The number of aromatic nitrogens is 2. The standard InChI is InChI=1S/C27H31F4N5O2/c1-5-38-24-13-23(33-15-19(24)14-32)18(3)36-9-8-17(2)21(6-7-25(36)35(4)10-11-37)22-12-20(28)16-34-26(22)27(29,30)31/h6,12-13,15-16,18,25,37H,2,5,7-11H2,1,3-4H3/b21-6+/t18-,25?/m0/s1. The van der Waals surface area contributed by atoms with Gasteiger partial charge in [0.25, 0.3) is 0 Å². The van der Waals surface area contributed by atoms with Crippen molar-refractivity contribution < 1.29 is 27.4 Å². The Balaban J connectivity index is 2.05. The van der Waals surface area contributed by atoms with Crippen molar-refractivity contribution in [2.75, 3.05) is 33.4 Å². The summed E-state index contributed by atoms with van der Waals surface area (Å²) < 4.78 is 60.8. The van der Waals surface area contributed by atoms with E-state index in [4.69, 9.17) is 4.74 Å². The lowest BCUT2D eigenvalue weighted by atomic mass is 9.91. The SMILES string of the molecule is C=C1CCN([C@@H](C)c2cc(OCC)c(C#N)cn2)C(N(C)CCO)C/C=C\1c1cc(F)cnc1C(F)(F)F. The molecule has 0 spiro atoms. The molecule has 0 radical (unpaired) electrons. The molecule has 1 aliphatic rings. The van der Waals surface area contributed by atoms with Gasteiger partial charge in [0.2, 0.25) is 0 Å². The number of hydrogen-bond acceptors (Lipinski definition) is 7. The van der Waals surface area contributed by atoms with E-state index in [9.17, 15) is 27.9 Å². The van der Waals surface area contributed by atoms with Crippen LogP contribution in [0.1, 0.15) is 55.2 Å². The van der Waals surface area contributed by atoms with Gasteiger partial charge in [-0.3, -0.25) is 14.8 Å². The summed E-state index contributed by atoms with van der Waals surface area (Å²) in [5.41, 5.74) is 0.0825. The second-order valence-corrected chi connectivity index (χ2v) is 9.00. The lowest BCUT2D eigenvalue weighted by molar-refractivity contribution is -0.141. The zero-order chi connectivity index (χ0) is 28.0. The molecule has 0 amide bonds. The molecule has 0 bridgehead atoms. The van der Waals surface area contributed by atoms with Gasteiger partial charge in [-0.25, -0.2) is 9.37 Å². The number of pyridine rings is 2. The van der Waals surface area contributed by atoms with E-state index in [1.54, 1.807) is 12.1 Å². The number of likely N-dealkylation sites (N-methyl/N-ethyl adjacent to an activating group) is 1. The molecule has 0 fully saturated rings. The van der Waals surface area contributed by atoms with Gasteiger partial charge in [-0.1, -0.05) is 12.7 Å². The van der Waals surface area contributed by atoms with Crippen LogP contribution in [0, 0.1) is 17.1 Å². The number of aliphatic hydroxyl groups excluding tert-OH is 1. The molecule has 0 aromatic carbocycles. The van der Waals surface area contributed by atoms with Crippen LogP contribution in [0.3, 0.4) is 0 Å². The number of nitriles is 1. The van der Waals surface area contributed by atoms with Gasteiger partial charge in [-0.15, -0.1) is 0 Å². The molecule has 1 unspecified atom stereocenters. The number of alkyl halides is 3. The van der Waals surface area contributed by atoms with Crippen LogP contribution < -0.4 is 4.74 Å². The molecule has 38 heavy (non-hydrogen) atoms. The number of hydrogen-bond donors (Lipinski definition) is 1. The Morgan fingerprint density at radius 3 is 2.68 bits per heavy atom. The van der Waals surface area contributed by atoms with Gasteiger partial charge >= 0.3 is 6.18 Å². The first kappa shape index (κ1) is 29.2. The average molecular weight is 534 g/mol. The lowest BCUT2D eigenvalue weighted by Crippen LogP contribution is -2.49. The molecule has 0 saturated heterocycles. The Labute approximate surface area is 219 Å². The molecule has 7 nitrogen and oxygen atoms in total. The van der Waals surface area contributed by atoms with E-state index in [2.05, 4.69) is 27.5 Å². The average Bonchev–Trinajstić information content (AvgIpc) is 2.85. The summed E-state index contributed by atoms with van der Waals surface area (Å²) in [6.07, 6.45) is -0.910. The summed E-state index contributed by atoms with van der Waals surface area (Å²) in [5, 5.41) is 19.0. The van der Waals surface area contributed by atoms with Crippen molar-refractivity contribution in [3.63, 3.8) is 0 Å². The maximum atomic E-state index is 14.0. The smallest absolute Gasteiger partial charge is 0.433 e. The number of halogens is 4. The third-order valence-electron chi connectivity index (χ3n) is 6.58. The molecule has 11 heteroatoms. The Hall–Kier alpha value is -3.33. The summed E-state index contributed by atoms with van der Waals surface area (Å²) in [4.78, 5) is 11.8. The van der Waals surface area contributed by atoms with E-state index in [0.717, 1.165) is 6.07 Å². The molecule has 3 heterocycles. The molecule has 0 aliphatic carbocycles. The second-order valence-electron chi connectivity index (χ2n) is 9.00. The van der Waals surface area contributed by atoms with Crippen molar-refractivity contribution in [1.82, 2.24) is 19.8 Å². The van der Waals surface area contributed by atoms with Crippen molar-refractivity contribution >= 4 is 5.57 Å². The highest BCUT2D eigenvalue weighted by Gasteiger charge is 2.37. The van der Waals surface area contributed by atoms with Gasteiger partial charge < -0.3 is 9.84 Å². The minimum absolute atomic E-state index is 0.117. The highest BCUT2D eigenvalue weighted by Crippen LogP contribution is 2.39. The number of allylic oxidation sites excluding steroid dienone is 1. The van der Waals surface area contributed by atoms with Gasteiger partial charge in [-0.05, 0) is 50.9 Å². The molecule has 204 valence electrons. The number of nitrogens with zero attached hydrogens (tertiary/aromatic N) is 5. The normalized spacial score (nSPS) is 19.3. The summed E-state index contributed by atoms with van der Waals surface area (Å²) >= 11 is 0. The summed E-state index contributed by atoms with van der Waals surface area (Å²) in [7, 11) is 1.81. The number of aliphatic hydroxyl groups is 1. The molecule has 1 N–H and O–H groups in total. The van der Waals surface area contributed by atoms with Crippen LogP contribution in [0.4, 0.5) is 17.6 Å². The molecule has 3 rings (SSSR count). The molecular weight excluding hydrogens is 502 g/mol. The Morgan fingerprint density at radius 1 is 1.32 bits per heavy atom. The van der Waals surface area contributed by atoms with E-state index < -0.39 is 17.7 Å². The topological polar surface area (TPSA) is 85.5 Å². The molecule has 2 aromatic heterocycles. The van der Waals surface area contributed by atoms with Crippen LogP contribution in [-0.2, 0) is 6.18 Å². The van der Waals surface area contributed by atoms with Crippen molar-refractivity contribution in [3.8, 4) is 11.8 Å². The van der Waals surface area contributed by atoms with Crippen molar-refractivity contribution in [2.45, 2.75) is 45.1 Å². The maximum absolute atomic E-state index is 14.0. The molecule has 2 atom stereocenters. The first-order chi connectivity index (χ1) is 18.0. The monoisotopic (exact) mass is 533 g/mol. The molecular formula is C27H31F4N5O2. The minimum atomic E-state index is -4.76. The quantitative estimate of drug-likeness (QED) is 0.481. The van der Waals surface area contributed by atoms with Gasteiger partial charge in [0, 0.05) is 30.9 Å². The molecule has 0 saturated carbocycles. The van der Waals surface area contributed by atoms with E-state index in [-0.39, 0.29) is 36.4 Å². The van der Waals surface area contributed by atoms with Gasteiger partial charge in [0.1, 0.15) is 23.2 Å². The summed E-state index contributed by atoms with van der Waals surface area (Å²) in [6, 6.07) is 4.35. The van der Waals surface area contributed by atoms with E-state index in [1.165, 1.54) is 6.20 Å². The van der Waals surface area contributed by atoms with Gasteiger partial charge in [-0.2, -0.15) is 18.4 Å². The first-order valence-corrected chi connectivity index (χ1v) is 12.2. The Kier molecular flexibility index (Phi) is 9.60. The van der Waals surface area contributed by atoms with Crippen LogP contribution in [0.25, 0.3) is 5.57 Å². The number of ether oxygens (including phenoxy) is 1. The van der Waals surface area contributed by atoms with Crippen LogP contribution in [-0.4, -0.2) is 64.4 Å². The highest BCUT2D eigenvalue weighted by molar-refractivity contribution is 5.80. The fraction of sp³-hybridized carbons (Fsp3) is 0.444. The third-order valence-corrected chi connectivity index (χ3v) is 6.58. The first-order valence-electron chi connectivity index (χ1n) is 12.2. The summed E-state index contributed by atoms with van der Waals surface area (Å²) in [5.74, 6) is -0.450. The Bertz CT molecular complexity index is 1220. The van der Waals surface area contributed by atoms with E-state index >= 15 is 0 Å². The van der Waals surface area contributed by atoms with Crippen molar-refractivity contribution in [1.29, 1.82) is 5.26 Å². The van der Waals surface area contributed by atoms with Gasteiger partial charge in [0.15, 0.2) is 5.69 Å². The second kappa shape index (κ2) is 12.5. The predicted octanol–water partition coefficient (Wildman–Crippen LogP) is 4.95. The lowest BCUT2D eigenvalue weighted by Gasteiger charge is -2.42. The fourth-order valence-corrected chi connectivity index (χ4v) is 4.62. The van der Waals surface area contributed by atoms with E-state index in [1.807, 2.05) is 25.8 Å².